The Labute approximate surface area is 93.4 Å². The van der Waals surface area contributed by atoms with E-state index in [1.54, 1.807) is 0 Å². The monoisotopic (exact) mass is 237 g/mol. The molecule has 1 aliphatic carbocycles. The van der Waals surface area contributed by atoms with Crippen LogP contribution in [0.4, 0.5) is 13.2 Å². The predicted molar refractivity (Wildman–Crippen MR) is 54.0 cm³/mol. The summed E-state index contributed by atoms with van der Waals surface area (Å²) in [7, 11) is 0. The van der Waals surface area contributed by atoms with Crippen molar-refractivity contribution in [1.29, 1.82) is 0 Å². The van der Waals surface area contributed by atoms with Crippen LogP contribution in [0.1, 0.15) is 25.7 Å². The summed E-state index contributed by atoms with van der Waals surface area (Å²) in [5.41, 5.74) is 0.0210. The fourth-order valence-corrected chi connectivity index (χ4v) is 2.57. The third-order valence-electron chi connectivity index (χ3n) is 3.74. The SMILES string of the molecule is OCC1(CN2CCC(CC(F)(F)F)C2)CC1. The second kappa shape index (κ2) is 4.18. The second-order valence-electron chi connectivity index (χ2n) is 5.37. The zero-order valence-corrected chi connectivity index (χ0v) is 9.26. The Morgan fingerprint density at radius 3 is 2.50 bits per heavy atom. The molecule has 2 fully saturated rings. The van der Waals surface area contributed by atoms with Crippen molar-refractivity contribution in [2.24, 2.45) is 11.3 Å². The topological polar surface area (TPSA) is 23.5 Å². The van der Waals surface area contributed by atoms with Crippen molar-refractivity contribution in [3.05, 3.63) is 0 Å². The molecule has 16 heavy (non-hydrogen) atoms. The van der Waals surface area contributed by atoms with Gasteiger partial charge < -0.3 is 10.0 Å². The van der Waals surface area contributed by atoms with E-state index in [0.29, 0.717) is 13.0 Å². The standard InChI is InChI=1S/C11H18F3NO/c12-11(13,14)5-9-1-4-15(6-9)7-10(8-16)2-3-10/h9,16H,1-8H2. The average molecular weight is 237 g/mol. The molecule has 1 heterocycles. The summed E-state index contributed by atoms with van der Waals surface area (Å²) in [5.74, 6) is -0.241. The van der Waals surface area contributed by atoms with Gasteiger partial charge in [0.1, 0.15) is 0 Å². The fraction of sp³-hybridized carbons (Fsp3) is 1.00. The highest BCUT2D eigenvalue weighted by atomic mass is 19.4. The van der Waals surface area contributed by atoms with E-state index in [2.05, 4.69) is 4.90 Å². The third-order valence-corrected chi connectivity index (χ3v) is 3.74. The number of aliphatic hydroxyl groups excluding tert-OH is 1. The molecule has 1 saturated carbocycles. The highest BCUT2D eigenvalue weighted by Crippen LogP contribution is 2.46. The molecule has 94 valence electrons. The summed E-state index contributed by atoms with van der Waals surface area (Å²) >= 11 is 0. The zero-order valence-electron chi connectivity index (χ0n) is 9.26. The number of aliphatic hydroxyl groups is 1. The van der Waals surface area contributed by atoms with Gasteiger partial charge in [-0.1, -0.05) is 0 Å². The average Bonchev–Trinajstić information content (AvgIpc) is 2.80. The fourth-order valence-electron chi connectivity index (χ4n) is 2.57. The Morgan fingerprint density at radius 2 is 2.00 bits per heavy atom. The van der Waals surface area contributed by atoms with Gasteiger partial charge in [-0.2, -0.15) is 13.2 Å². The maximum absolute atomic E-state index is 12.2. The number of halogens is 3. The molecule has 0 aromatic rings. The van der Waals surface area contributed by atoms with Gasteiger partial charge in [-0.15, -0.1) is 0 Å². The van der Waals surface area contributed by atoms with E-state index in [4.69, 9.17) is 5.11 Å². The lowest BCUT2D eigenvalue weighted by atomic mass is 10.0. The molecule has 0 bridgehead atoms. The molecule has 1 N–H and O–H groups in total. The lowest BCUT2D eigenvalue weighted by molar-refractivity contribution is -0.143. The van der Waals surface area contributed by atoms with Crippen molar-refractivity contribution in [3.63, 3.8) is 0 Å². The molecule has 2 rings (SSSR count). The summed E-state index contributed by atoms with van der Waals surface area (Å²) in [6.45, 7) is 2.25. The molecule has 1 unspecified atom stereocenters. The molecule has 0 amide bonds. The first-order valence-electron chi connectivity index (χ1n) is 5.82. The van der Waals surface area contributed by atoms with Crippen LogP contribution in [0.2, 0.25) is 0 Å². The largest absolute Gasteiger partial charge is 0.396 e. The van der Waals surface area contributed by atoms with E-state index in [9.17, 15) is 13.2 Å². The van der Waals surface area contributed by atoms with E-state index < -0.39 is 12.6 Å². The number of nitrogens with zero attached hydrogens (tertiary/aromatic N) is 1. The van der Waals surface area contributed by atoms with Crippen LogP contribution in [0.25, 0.3) is 0 Å². The Kier molecular flexibility index (Phi) is 3.18. The number of rotatable bonds is 4. The minimum Gasteiger partial charge on any atom is -0.396 e. The molecule has 0 radical (unpaired) electrons. The van der Waals surface area contributed by atoms with Gasteiger partial charge >= 0.3 is 6.18 Å². The first-order chi connectivity index (χ1) is 7.42. The number of alkyl halides is 3. The lowest BCUT2D eigenvalue weighted by Gasteiger charge is -2.21. The van der Waals surface area contributed by atoms with Crippen LogP contribution in [0.3, 0.4) is 0 Å². The Hall–Kier alpha value is -0.290. The van der Waals surface area contributed by atoms with Crippen LogP contribution in [0.5, 0.6) is 0 Å². The Balaban J connectivity index is 1.75. The van der Waals surface area contributed by atoms with Crippen LogP contribution in [0.15, 0.2) is 0 Å². The number of likely N-dealkylation sites (tertiary alicyclic amines) is 1. The van der Waals surface area contributed by atoms with Gasteiger partial charge in [0.05, 0.1) is 0 Å². The summed E-state index contributed by atoms with van der Waals surface area (Å²) in [6.07, 6.45) is -2.01. The van der Waals surface area contributed by atoms with E-state index in [1.807, 2.05) is 0 Å². The van der Waals surface area contributed by atoms with Gasteiger partial charge in [0, 0.05) is 31.5 Å². The summed E-state index contributed by atoms with van der Waals surface area (Å²) in [5, 5.41) is 9.16. The third kappa shape index (κ3) is 3.10. The van der Waals surface area contributed by atoms with Gasteiger partial charge in [0.15, 0.2) is 0 Å². The van der Waals surface area contributed by atoms with Crippen LogP contribution >= 0.6 is 0 Å². The van der Waals surface area contributed by atoms with Crippen LogP contribution in [-0.4, -0.2) is 42.4 Å². The van der Waals surface area contributed by atoms with Gasteiger partial charge in [-0.3, -0.25) is 0 Å². The first-order valence-corrected chi connectivity index (χ1v) is 5.82. The molecule has 1 atom stereocenters. The van der Waals surface area contributed by atoms with Crippen molar-refractivity contribution < 1.29 is 18.3 Å². The highest BCUT2D eigenvalue weighted by Gasteiger charge is 2.45. The number of hydrogen-bond acceptors (Lipinski definition) is 2. The Morgan fingerprint density at radius 1 is 1.31 bits per heavy atom. The van der Waals surface area contributed by atoms with Crippen molar-refractivity contribution in [2.45, 2.75) is 31.9 Å². The predicted octanol–water partition coefficient (Wildman–Crippen LogP) is 2.03. The summed E-state index contributed by atoms with van der Waals surface area (Å²) in [4.78, 5) is 2.08. The first kappa shape index (κ1) is 12.2. The molecule has 2 aliphatic rings. The summed E-state index contributed by atoms with van der Waals surface area (Å²) in [6, 6.07) is 0. The van der Waals surface area contributed by atoms with Gasteiger partial charge in [0.2, 0.25) is 0 Å². The van der Waals surface area contributed by atoms with Crippen molar-refractivity contribution >= 4 is 0 Å². The van der Waals surface area contributed by atoms with Crippen LogP contribution in [-0.2, 0) is 0 Å². The molecule has 1 aliphatic heterocycles. The summed E-state index contributed by atoms with van der Waals surface area (Å²) < 4.78 is 36.6. The number of hydrogen-bond donors (Lipinski definition) is 1. The normalized spacial score (nSPS) is 29.6. The van der Waals surface area contributed by atoms with E-state index >= 15 is 0 Å². The van der Waals surface area contributed by atoms with Crippen LogP contribution < -0.4 is 0 Å². The molecule has 0 spiro atoms. The molecular weight excluding hydrogens is 219 g/mol. The van der Waals surface area contributed by atoms with Crippen molar-refractivity contribution in [3.8, 4) is 0 Å². The maximum atomic E-state index is 12.2. The van der Waals surface area contributed by atoms with E-state index in [0.717, 1.165) is 25.9 Å². The second-order valence-corrected chi connectivity index (χ2v) is 5.37. The minimum atomic E-state index is -4.03. The van der Waals surface area contributed by atoms with Crippen molar-refractivity contribution in [1.82, 2.24) is 4.90 Å². The van der Waals surface area contributed by atoms with Crippen molar-refractivity contribution in [2.75, 3.05) is 26.2 Å². The maximum Gasteiger partial charge on any atom is 0.389 e. The highest BCUT2D eigenvalue weighted by molar-refractivity contribution is 4.96. The molecule has 1 saturated heterocycles. The Bertz CT molecular complexity index is 250. The molecule has 0 aromatic heterocycles. The molecule has 0 aromatic carbocycles. The smallest absolute Gasteiger partial charge is 0.389 e. The van der Waals surface area contributed by atoms with E-state index in [1.165, 1.54) is 0 Å². The molecular formula is C11H18F3NO. The minimum absolute atomic E-state index is 0.0210. The lowest BCUT2D eigenvalue weighted by Crippen LogP contribution is -2.31. The quantitative estimate of drug-likeness (QED) is 0.808. The van der Waals surface area contributed by atoms with Crippen LogP contribution in [0, 0.1) is 11.3 Å². The van der Waals surface area contributed by atoms with E-state index in [-0.39, 0.29) is 17.9 Å². The van der Waals surface area contributed by atoms with Gasteiger partial charge in [-0.05, 0) is 31.7 Å². The molecule has 2 nitrogen and oxygen atoms in total. The molecule has 5 heteroatoms. The van der Waals surface area contributed by atoms with Gasteiger partial charge in [-0.25, -0.2) is 0 Å². The zero-order chi connectivity index (χ0) is 11.8. The van der Waals surface area contributed by atoms with Gasteiger partial charge in [0.25, 0.3) is 0 Å².